The van der Waals surface area contributed by atoms with Crippen LogP contribution < -0.4 is 5.73 Å². The molecule has 0 amide bonds. The second-order valence-electron chi connectivity index (χ2n) is 9.41. The molecule has 9 atom stereocenters. The summed E-state index contributed by atoms with van der Waals surface area (Å²) in [6.45, 7) is 4.74. The predicted octanol–water partition coefficient (Wildman–Crippen LogP) is 3.67. The summed E-state index contributed by atoms with van der Waals surface area (Å²) in [5.41, 5.74) is 6.67. The van der Waals surface area contributed by atoms with Crippen LogP contribution in [0.3, 0.4) is 0 Å². The van der Waals surface area contributed by atoms with E-state index in [1.54, 1.807) is 0 Å². The lowest BCUT2D eigenvalue weighted by atomic mass is 9.45. The maximum atomic E-state index is 14.3. The molecule has 0 radical (unpaired) electrons. The van der Waals surface area contributed by atoms with Crippen molar-refractivity contribution in [2.24, 2.45) is 40.2 Å². The van der Waals surface area contributed by atoms with E-state index in [1.165, 1.54) is 19.3 Å². The lowest BCUT2D eigenvalue weighted by molar-refractivity contribution is -0.122. The van der Waals surface area contributed by atoms with Crippen LogP contribution in [-0.4, -0.2) is 23.4 Å². The minimum Gasteiger partial charge on any atom is -0.393 e. The average Bonchev–Trinajstić information content (AvgIpc) is 2.72. The molecule has 2 unspecified atom stereocenters. The van der Waals surface area contributed by atoms with Gasteiger partial charge in [0.05, 0.1) is 6.10 Å². The van der Waals surface area contributed by atoms with Crippen molar-refractivity contribution in [3.05, 3.63) is 0 Å². The van der Waals surface area contributed by atoms with Crippen LogP contribution in [0.4, 0.5) is 4.39 Å². The van der Waals surface area contributed by atoms with Crippen LogP contribution in [0.15, 0.2) is 0 Å². The molecule has 2 nitrogen and oxygen atoms in total. The molecule has 4 saturated carbocycles. The van der Waals surface area contributed by atoms with Crippen LogP contribution in [0.2, 0.25) is 0 Å². The van der Waals surface area contributed by atoms with Crippen LogP contribution in [0.5, 0.6) is 0 Å². The number of halogens is 1. The summed E-state index contributed by atoms with van der Waals surface area (Å²) >= 11 is 0. The molecule has 0 aromatic carbocycles. The van der Waals surface area contributed by atoms with Crippen molar-refractivity contribution in [3.63, 3.8) is 0 Å². The van der Waals surface area contributed by atoms with E-state index in [0.717, 1.165) is 31.6 Å². The van der Waals surface area contributed by atoms with Gasteiger partial charge < -0.3 is 10.8 Å². The first-order chi connectivity index (χ1) is 10.4. The summed E-state index contributed by atoms with van der Waals surface area (Å²) in [7, 11) is 0. The van der Waals surface area contributed by atoms with Crippen LogP contribution in [0, 0.1) is 34.5 Å². The molecule has 0 spiro atoms. The van der Waals surface area contributed by atoms with Gasteiger partial charge in [-0.25, -0.2) is 4.39 Å². The van der Waals surface area contributed by atoms with Crippen molar-refractivity contribution in [1.29, 1.82) is 0 Å². The molecule has 126 valence electrons. The molecule has 0 aliphatic heterocycles. The molecule has 0 saturated heterocycles. The van der Waals surface area contributed by atoms with Crippen molar-refractivity contribution < 1.29 is 9.50 Å². The van der Waals surface area contributed by atoms with Gasteiger partial charge in [-0.2, -0.15) is 0 Å². The number of fused-ring (bicyclic) bond motifs is 5. The highest BCUT2D eigenvalue weighted by Crippen LogP contribution is 2.66. The Morgan fingerprint density at radius 1 is 0.955 bits per heavy atom. The van der Waals surface area contributed by atoms with Gasteiger partial charge in [0.15, 0.2) is 0 Å². The third-order valence-electron chi connectivity index (χ3n) is 8.71. The zero-order valence-electron chi connectivity index (χ0n) is 14.1. The number of hydrogen-bond acceptors (Lipinski definition) is 2. The molecule has 4 fully saturated rings. The highest BCUT2D eigenvalue weighted by Gasteiger charge is 2.61. The van der Waals surface area contributed by atoms with E-state index in [4.69, 9.17) is 5.73 Å². The smallest absolute Gasteiger partial charge is 0.116 e. The molecule has 4 aliphatic carbocycles. The van der Waals surface area contributed by atoms with Crippen molar-refractivity contribution in [1.82, 2.24) is 0 Å². The summed E-state index contributed by atoms with van der Waals surface area (Å²) in [6.07, 6.45) is 7.72. The van der Waals surface area contributed by atoms with Crippen LogP contribution in [-0.2, 0) is 0 Å². The minimum atomic E-state index is -0.799. The third kappa shape index (κ3) is 1.90. The van der Waals surface area contributed by atoms with Crippen molar-refractivity contribution in [2.75, 3.05) is 0 Å². The molecule has 0 heterocycles. The monoisotopic (exact) mass is 309 g/mol. The van der Waals surface area contributed by atoms with Gasteiger partial charge in [-0.3, -0.25) is 0 Å². The first-order valence-electron chi connectivity index (χ1n) is 9.44. The van der Waals surface area contributed by atoms with Gasteiger partial charge in [-0.05, 0) is 85.9 Å². The Morgan fingerprint density at radius 3 is 2.45 bits per heavy atom. The number of aliphatic hydroxyl groups is 1. The van der Waals surface area contributed by atoms with Gasteiger partial charge in [0.1, 0.15) is 6.17 Å². The molecule has 0 aromatic rings. The summed E-state index contributed by atoms with van der Waals surface area (Å²) in [4.78, 5) is 0. The zero-order valence-corrected chi connectivity index (χ0v) is 14.1. The van der Waals surface area contributed by atoms with Crippen molar-refractivity contribution >= 4 is 0 Å². The second-order valence-corrected chi connectivity index (χ2v) is 9.41. The van der Waals surface area contributed by atoms with Crippen molar-refractivity contribution in [3.8, 4) is 0 Å². The van der Waals surface area contributed by atoms with Gasteiger partial charge in [0, 0.05) is 6.04 Å². The fourth-order valence-corrected chi connectivity index (χ4v) is 7.24. The topological polar surface area (TPSA) is 46.2 Å². The Bertz CT molecular complexity index is 457. The molecule has 22 heavy (non-hydrogen) atoms. The number of hydrogen-bond donors (Lipinski definition) is 2. The van der Waals surface area contributed by atoms with E-state index in [2.05, 4.69) is 13.8 Å². The van der Waals surface area contributed by atoms with Crippen molar-refractivity contribution in [2.45, 2.75) is 83.5 Å². The number of aliphatic hydroxyl groups excluding tert-OH is 1. The normalized spacial score (nSPS) is 61.2. The van der Waals surface area contributed by atoms with E-state index in [-0.39, 0.29) is 17.6 Å². The standard InChI is InChI=1S/C19H32FNO/c1-18-7-5-12(22)9-11(18)3-4-13-14(18)6-8-19(2)15(13)10-16(20)17(19)21/h11-17,22H,3-10,21H2,1-2H3/t11?,12-,13-,14+,15+,16+,17?,18+,19+/m1/s1. The molecule has 3 N–H and O–H groups in total. The van der Waals surface area contributed by atoms with Crippen LogP contribution in [0.25, 0.3) is 0 Å². The van der Waals surface area contributed by atoms with E-state index in [0.29, 0.717) is 29.6 Å². The largest absolute Gasteiger partial charge is 0.393 e. The quantitative estimate of drug-likeness (QED) is 0.717. The molecule has 0 bridgehead atoms. The highest BCUT2D eigenvalue weighted by atomic mass is 19.1. The SMILES string of the molecule is C[C@]12CC[C@@H](O)CC1CC[C@@H]1[C@@H]2CC[C@]2(C)C(N)[C@@H](F)C[C@@H]12. The van der Waals surface area contributed by atoms with Gasteiger partial charge >= 0.3 is 0 Å². The summed E-state index contributed by atoms with van der Waals surface area (Å²) < 4.78 is 14.3. The Kier molecular flexibility index (Phi) is 3.44. The van der Waals surface area contributed by atoms with Gasteiger partial charge in [-0.1, -0.05) is 13.8 Å². The zero-order chi connectivity index (χ0) is 15.7. The maximum absolute atomic E-state index is 14.3. The average molecular weight is 309 g/mol. The van der Waals surface area contributed by atoms with Crippen LogP contribution in [0.1, 0.15) is 65.2 Å². The van der Waals surface area contributed by atoms with E-state index in [9.17, 15) is 9.50 Å². The maximum Gasteiger partial charge on any atom is 0.116 e. The van der Waals surface area contributed by atoms with E-state index >= 15 is 0 Å². The van der Waals surface area contributed by atoms with Gasteiger partial charge in [0.2, 0.25) is 0 Å². The van der Waals surface area contributed by atoms with Gasteiger partial charge in [0.25, 0.3) is 0 Å². The lowest BCUT2D eigenvalue weighted by Crippen LogP contribution is -2.55. The first kappa shape index (κ1) is 15.4. The summed E-state index contributed by atoms with van der Waals surface area (Å²) in [5, 5.41) is 10.1. The lowest BCUT2D eigenvalue weighted by Gasteiger charge is -2.60. The Balaban J connectivity index is 1.63. The van der Waals surface area contributed by atoms with E-state index < -0.39 is 6.17 Å². The second kappa shape index (κ2) is 4.92. The predicted molar refractivity (Wildman–Crippen MR) is 86.0 cm³/mol. The fraction of sp³-hybridized carbons (Fsp3) is 1.00. The van der Waals surface area contributed by atoms with Gasteiger partial charge in [-0.15, -0.1) is 0 Å². The fourth-order valence-electron chi connectivity index (χ4n) is 7.24. The first-order valence-corrected chi connectivity index (χ1v) is 9.44. The van der Waals surface area contributed by atoms with E-state index in [1.807, 2.05) is 0 Å². The Morgan fingerprint density at radius 2 is 1.68 bits per heavy atom. The summed E-state index contributed by atoms with van der Waals surface area (Å²) in [6, 6.07) is -0.253. The molecule has 4 rings (SSSR count). The Labute approximate surface area is 134 Å². The highest BCUT2D eigenvalue weighted by molar-refractivity contribution is 5.12. The molecule has 3 heteroatoms. The third-order valence-corrected chi connectivity index (χ3v) is 8.71. The molecule has 0 aromatic heterocycles. The Hall–Kier alpha value is -0.150. The minimum absolute atomic E-state index is 0.0258. The number of rotatable bonds is 0. The molecule has 4 aliphatic rings. The molecular weight excluding hydrogens is 277 g/mol. The molecular formula is C19H32FNO. The number of alkyl halides is 1. The number of nitrogens with two attached hydrogens (primary N) is 1. The van der Waals surface area contributed by atoms with Crippen LogP contribution >= 0.6 is 0 Å². The summed E-state index contributed by atoms with van der Waals surface area (Å²) in [5.74, 6) is 2.57.